The first-order valence-electron chi connectivity index (χ1n) is 9.05. The standard InChI is InChI=1S/C21H21ClN2O2/c22-17-8-4-9-18(13-17)24-14-16(12-20(24)25)21(26)23-11-5-10-19(23)15-6-2-1-3-7-15/h1-4,6-9,13,16,19H,5,10-12,14H2/t16-,19-/m0/s1. The van der Waals surface area contributed by atoms with Crippen molar-refractivity contribution in [1.29, 1.82) is 0 Å². The number of halogens is 1. The first kappa shape index (κ1) is 17.1. The molecule has 2 aromatic carbocycles. The minimum Gasteiger partial charge on any atom is -0.335 e. The van der Waals surface area contributed by atoms with Crippen LogP contribution in [0.1, 0.15) is 30.9 Å². The molecule has 2 atom stereocenters. The molecule has 26 heavy (non-hydrogen) atoms. The summed E-state index contributed by atoms with van der Waals surface area (Å²) in [5, 5.41) is 0.591. The van der Waals surface area contributed by atoms with Crippen LogP contribution in [0.2, 0.25) is 5.02 Å². The number of anilines is 1. The number of nitrogens with zero attached hydrogens (tertiary/aromatic N) is 2. The van der Waals surface area contributed by atoms with E-state index in [1.807, 2.05) is 35.2 Å². The summed E-state index contributed by atoms with van der Waals surface area (Å²) in [6.45, 7) is 1.19. The Hall–Kier alpha value is -2.33. The lowest BCUT2D eigenvalue weighted by atomic mass is 10.0. The van der Waals surface area contributed by atoms with E-state index in [-0.39, 0.29) is 30.2 Å². The van der Waals surface area contributed by atoms with Crippen LogP contribution < -0.4 is 4.90 Å². The van der Waals surface area contributed by atoms with Crippen molar-refractivity contribution in [3.63, 3.8) is 0 Å². The highest BCUT2D eigenvalue weighted by Gasteiger charge is 2.40. The van der Waals surface area contributed by atoms with Gasteiger partial charge in [-0.25, -0.2) is 0 Å². The van der Waals surface area contributed by atoms with E-state index in [0.717, 1.165) is 25.1 Å². The molecule has 2 aromatic rings. The molecule has 2 fully saturated rings. The quantitative estimate of drug-likeness (QED) is 0.819. The maximum absolute atomic E-state index is 13.1. The molecule has 134 valence electrons. The number of carbonyl (C=O) groups is 2. The Morgan fingerprint density at radius 1 is 1.08 bits per heavy atom. The van der Waals surface area contributed by atoms with Gasteiger partial charge in [-0.15, -0.1) is 0 Å². The molecule has 4 nitrogen and oxygen atoms in total. The van der Waals surface area contributed by atoms with Gasteiger partial charge < -0.3 is 9.80 Å². The fourth-order valence-corrected chi connectivity index (χ4v) is 4.24. The second kappa shape index (κ2) is 7.12. The van der Waals surface area contributed by atoms with Crippen molar-refractivity contribution >= 4 is 29.1 Å². The van der Waals surface area contributed by atoms with Gasteiger partial charge in [0, 0.05) is 30.2 Å². The minimum absolute atomic E-state index is 0.0129. The topological polar surface area (TPSA) is 40.6 Å². The zero-order valence-electron chi connectivity index (χ0n) is 14.5. The van der Waals surface area contributed by atoms with Crippen molar-refractivity contribution in [3.8, 4) is 0 Å². The number of hydrogen-bond acceptors (Lipinski definition) is 2. The highest BCUT2D eigenvalue weighted by atomic mass is 35.5. The predicted octanol–water partition coefficient (Wildman–Crippen LogP) is 4.06. The molecule has 0 saturated carbocycles. The Kier molecular flexibility index (Phi) is 4.68. The molecule has 2 saturated heterocycles. The number of likely N-dealkylation sites (tertiary alicyclic amines) is 1. The number of rotatable bonds is 3. The summed E-state index contributed by atoms with van der Waals surface area (Å²) in [6, 6.07) is 17.5. The minimum atomic E-state index is -0.286. The number of amides is 2. The first-order valence-corrected chi connectivity index (χ1v) is 9.42. The Balaban J connectivity index is 1.51. The molecular formula is C21H21ClN2O2. The third-order valence-corrected chi connectivity index (χ3v) is 5.55. The molecule has 2 amide bonds. The summed E-state index contributed by atoms with van der Waals surface area (Å²) in [5.41, 5.74) is 1.94. The van der Waals surface area contributed by atoms with Crippen LogP contribution in [-0.4, -0.2) is 29.8 Å². The van der Waals surface area contributed by atoms with Crippen LogP contribution >= 0.6 is 11.6 Å². The van der Waals surface area contributed by atoms with Gasteiger partial charge in [0.2, 0.25) is 11.8 Å². The Labute approximate surface area is 158 Å². The molecule has 0 radical (unpaired) electrons. The monoisotopic (exact) mass is 368 g/mol. The molecule has 2 aliphatic rings. The predicted molar refractivity (Wildman–Crippen MR) is 102 cm³/mol. The number of benzene rings is 2. The van der Waals surface area contributed by atoms with Gasteiger partial charge in [-0.2, -0.15) is 0 Å². The van der Waals surface area contributed by atoms with Crippen LogP contribution in [-0.2, 0) is 9.59 Å². The van der Waals surface area contributed by atoms with Crippen molar-refractivity contribution in [2.24, 2.45) is 5.92 Å². The van der Waals surface area contributed by atoms with Crippen molar-refractivity contribution in [2.45, 2.75) is 25.3 Å². The van der Waals surface area contributed by atoms with Crippen LogP contribution in [0.25, 0.3) is 0 Å². The van der Waals surface area contributed by atoms with E-state index >= 15 is 0 Å². The second-order valence-corrected chi connectivity index (χ2v) is 7.42. The fourth-order valence-electron chi connectivity index (χ4n) is 4.05. The molecule has 0 aliphatic carbocycles. The van der Waals surface area contributed by atoms with Gasteiger partial charge in [0.1, 0.15) is 0 Å². The zero-order valence-corrected chi connectivity index (χ0v) is 15.2. The van der Waals surface area contributed by atoms with Crippen molar-refractivity contribution in [3.05, 3.63) is 65.2 Å². The van der Waals surface area contributed by atoms with E-state index in [0.29, 0.717) is 11.6 Å². The van der Waals surface area contributed by atoms with Gasteiger partial charge in [0.25, 0.3) is 0 Å². The van der Waals surface area contributed by atoms with E-state index in [1.165, 1.54) is 5.56 Å². The van der Waals surface area contributed by atoms with E-state index in [2.05, 4.69) is 12.1 Å². The largest absolute Gasteiger partial charge is 0.335 e. The fraction of sp³-hybridized carbons (Fsp3) is 0.333. The second-order valence-electron chi connectivity index (χ2n) is 6.99. The van der Waals surface area contributed by atoms with Gasteiger partial charge in [0.15, 0.2) is 0 Å². The summed E-state index contributed by atoms with van der Waals surface area (Å²) in [6.07, 6.45) is 2.25. The van der Waals surface area contributed by atoms with E-state index in [1.54, 1.807) is 17.0 Å². The van der Waals surface area contributed by atoms with Gasteiger partial charge >= 0.3 is 0 Å². The molecule has 0 aromatic heterocycles. The SMILES string of the molecule is O=C1C[C@H](C(=O)N2CCC[C@H]2c2ccccc2)CN1c1cccc(Cl)c1. The third-order valence-electron chi connectivity index (χ3n) is 5.31. The van der Waals surface area contributed by atoms with E-state index < -0.39 is 0 Å². The molecule has 2 aliphatic heterocycles. The summed E-state index contributed by atoms with van der Waals surface area (Å²) in [5.74, 6) is -0.207. The van der Waals surface area contributed by atoms with Crippen LogP contribution in [0.4, 0.5) is 5.69 Å². The highest BCUT2D eigenvalue weighted by molar-refractivity contribution is 6.31. The highest BCUT2D eigenvalue weighted by Crippen LogP contribution is 2.35. The van der Waals surface area contributed by atoms with Crippen molar-refractivity contribution in [1.82, 2.24) is 4.90 Å². The van der Waals surface area contributed by atoms with Gasteiger partial charge in [0.05, 0.1) is 12.0 Å². The zero-order chi connectivity index (χ0) is 18.1. The lowest BCUT2D eigenvalue weighted by molar-refractivity contribution is -0.136. The molecule has 4 rings (SSSR count). The van der Waals surface area contributed by atoms with Gasteiger partial charge in [-0.05, 0) is 36.6 Å². The molecule has 0 bridgehead atoms. The van der Waals surface area contributed by atoms with Crippen LogP contribution in [0, 0.1) is 5.92 Å². The molecule has 5 heteroatoms. The maximum atomic E-state index is 13.1. The lowest BCUT2D eigenvalue weighted by Gasteiger charge is -2.27. The van der Waals surface area contributed by atoms with Crippen molar-refractivity contribution in [2.75, 3.05) is 18.0 Å². The normalized spacial score (nSPS) is 22.9. The molecule has 0 N–H and O–H groups in total. The molecule has 0 unspecified atom stereocenters. The average Bonchev–Trinajstić information content (AvgIpc) is 3.29. The molecule has 2 heterocycles. The van der Waals surface area contributed by atoms with Crippen LogP contribution in [0.15, 0.2) is 54.6 Å². The third kappa shape index (κ3) is 3.21. The van der Waals surface area contributed by atoms with Crippen LogP contribution in [0.3, 0.4) is 0 Å². The summed E-state index contributed by atoms with van der Waals surface area (Å²) < 4.78 is 0. The van der Waals surface area contributed by atoms with E-state index in [9.17, 15) is 9.59 Å². The molecule has 0 spiro atoms. The number of carbonyl (C=O) groups excluding carboxylic acids is 2. The summed E-state index contributed by atoms with van der Waals surface area (Å²) >= 11 is 6.05. The van der Waals surface area contributed by atoms with E-state index in [4.69, 9.17) is 11.6 Å². The summed E-state index contributed by atoms with van der Waals surface area (Å²) in [4.78, 5) is 29.3. The Morgan fingerprint density at radius 3 is 2.65 bits per heavy atom. The lowest BCUT2D eigenvalue weighted by Crippen LogP contribution is -2.37. The number of hydrogen-bond donors (Lipinski definition) is 0. The Morgan fingerprint density at radius 2 is 1.88 bits per heavy atom. The van der Waals surface area contributed by atoms with Gasteiger partial charge in [-0.1, -0.05) is 48.0 Å². The first-order chi connectivity index (χ1) is 12.6. The Bertz CT molecular complexity index is 824. The smallest absolute Gasteiger partial charge is 0.228 e. The van der Waals surface area contributed by atoms with Gasteiger partial charge in [-0.3, -0.25) is 9.59 Å². The maximum Gasteiger partial charge on any atom is 0.228 e. The van der Waals surface area contributed by atoms with Crippen LogP contribution in [0.5, 0.6) is 0 Å². The summed E-state index contributed by atoms with van der Waals surface area (Å²) in [7, 11) is 0. The van der Waals surface area contributed by atoms with Crippen molar-refractivity contribution < 1.29 is 9.59 Å². The molecular weight excluding hydrogens is 348 g/mol. The average molecular weight is 369 g/mol.